The number of aryl methyl sites for hydroxylation is 1. The Hall–Kier alpha value is -1.25. The van der Waals surface area contributed by atoms with Crippen LogP contribution < -0.4 is 5.32 Å². The Balaban J connectivity index is 2.83. The van der Waals surface area contributed by atoms with E-state index in [0.29, 0.717) is 0 Å². The predicted octanol–water partition coefficient (Wildman–Crippen LogP) is 1.47. The van der Waals surface area contributed by atoms with Crippen LogP contribution in [-0.2, 0) is 7.05 Å². The van der Waals surface area contributed by atoms with Crippen molar-refractivity contribution in [2.45, 2.75) is 26.8 Å². The van der Waals surface area contributed by atoms with Crippen molar-refractivity contribution in [2.75, 3.05) is 0 Å². The Kier molecular flexibility index (Phi) is 2.76. The lowest BCUT2D eigenvalue weighted by molar-refractivity contribution is 0.0942. The molecular formula is C10H16N2O. The zero-order chi connectivity index (χ0) is 10.0. The van der Waals surface area contributed by atoms with Crippen molar-refractivity contribution >= 4 is 5.91 Å². The van der Waals surface area contributed by atoms with Crippen LogP contribution in [0.25, 0.3) is 0 Å². The van der Waals surface area contributed by atoms with Gasteiger partial charge in [0.1, 0.15) is 0 Å². The molecule has 1 N–H and O–H groups in total. The smallest absolute Gasteiger partial charge is 0.253 e. The number of hydrogen-bond donors (Lipinski definition) is 1. The lowest BCUT2D eigenvalue weighted by Gasteiger charge is -2.07. The topological polar surface area (TPSA) is 34.0 Å². The fraction of sp³-hybridized carbons (Fsp3) is 0.500. The predicted molar refractivity (Wildman–Crippen MR) is 52.8 cm³/mol. The van der Waals surface area contributed by atoms with E-state index in [-0.39, 0.29) is 11.9 Å². The highest BCUT2D eigenvalue weighted by molar-refractivity contribution is 5.95. The maximum atomic E-state index is 11.6. The monoisotopic (exact) mass is 180 g/mol. The third kappa shape index (κ3) is 2.11. The summed E-state index contributed by atoms with van der Waals surface area (Å²) in [5, 5.41) is 2.86. The number of nitrogens with one attached hydrogen (secondary N) is 1. The van der Waals surface area contributed by atoms with E-state index in [1.807, 2.05) is 44.6 Å². The average Bonchev–Trinajstić information content (AvgIpc) is 2.31. The van der Waals surface area contributed by atoms with Gasteiger partial charge < -0.3 is 9.88 Å². The van der Waals surface area contributed by atoms with Crippen LogP contribution >= 0.6 is 0 Å². The summed E-state index contributed by atoms with van der Waals surface area (Å²) in [4.78, 5) is 11.6. The molecule has 0 bridgehead atoms. The molecule has 0 saturated carbocycles. The van der Waals surface area contributed by atoms with E-state index in [1.165, 1.54) is 0 Å². The lowest BCUT2D eigenvalue weighted by atomic mass is 10.2. The highest BCUT2D eigenvalue weighted by atomic mass is 16.1. The second-order valence-corrected chi connectivity index (χ2v) is 3.55. The zero-order valence-corrected chi connectivity index (χ0v) is 8.59. The molecule has 0 aliphatic rings. The number of rotatable bonds is 2. The molecule has 1 amide bonds. The quantitative estimate of drug-likeness (QED) is 0.734. The van der Waals surface area contributed by atoms with Gasteiger partial charge in [0.05, 0.1) is 5.56 Å². The SMILES string of the molecule is Cc1c(C(=O)NC(C)C)ccn1C. The van der Waals surface area contributed by atoms with Crippen molar-refractivity contribution in [1.82, 2.24) is 9.88 Å². The number of carbonyl (C=O) groups excluding carboxylic acids is 1. The number of hydrogen-bond acceptors (Lipinski definition) is 1. The van der Waals surface area contributed by atoms with Crippen LogP contribution in [0.5, 0.6) is 0 Å². The molecule has 0 radical (unpaired) electrons. The van der Waals surface area contributed by atoms with Gasteiger partial charge in [-0.15, -0.1) is 0 Å². The van der Waals surface area contributed by atoms with Crippen LogP contribution in [-0.4, -0.2) is 16.5 Å². The van der Waals surface area contributed by atoms with Crippen LogP contribution in [0.3, 0.4) is 0 Å². The van der Waals surface area contributed by atoms with E-state index in [1.54, 1.807) is 0 Å². The average molecular weight is 180 g/mol. The zero-order valence-electron chi connectivity index (χ0n) is 8.59. The number of aromatic nitrogens is 1. The van der Waals surface area contributed by atoms with Crippen LogP contribution in [0.15, 0.2) is 12.3 Å². The highest BCUT2D eigenvalue weighted by Gasteiger charge is 2.11. The standard InChI is InChI=1S/C10H16N2O/c1-7(2)11-10(13)9-5-6-12(4)8(9)3/h5-7H,1-4H3,(H,11,13). The normalized spacial score (nSPS) is 10.5. The second kappa shape index (κ2) is 3.64. The summed E-state index contributed by atoms with van der Waals surface area (Å²) < 4.78 is 1.94. The van der Waals surface area contributed by atoms with Gasteiger partial charge in [0.25, 0.3) is 5.91 Å². The Bertz CT molecular complexity index is 313. The minimum Gasteiger partial charge on any atom is -0.354 e. The molecular weight excluding hydrogens is 164 g/mol. The van der Waals surface area contributed by atoms with Crippen molar-refractivity contribution < 1.29 is 4.79 Å². The molecule has 0 aliphatic carbocycles. The van der Waals surface area contributed by atoms with E-state index in [0.717, 1.165) is 11.3 Å². The minimum atomic E-state index is 0.00750. The van der Waals surface area contributed by atoms with Crippen LogP contribution in [0, 0.1) is 6.92 Å². The Morgan fingerprint density at radius 3 is 2.54 bits per heavy atom. The lowest BCUT2D eigenvalue weighted by Crippen LogP contribution is -2.30. The molecule has 0 aliphatic heterocycles. The molecule has 3 heteroatoms. The molecule has 72 valence electrons. The van der Waals surface area contributed by atoms with Gasteiger partial charge in [0, 0.05) is 25.0 Å². The maximum absolute atomic E-state index is 11.6. The van der Waals surface area contributed by atoms with Crippen LogP contribution in [0.4, 0.5) is 0 Å². The number of nitrogens with zero attached hydrogens (tertiary/aromatic N) is 1. The summed E-state index contributed by atoms with van der Waals surface area (Å²) in [6.45, 7) is 5.85. The van der Waals surface area contributed by atoms with Gasteiger partial charge in [-0.3, -0.25) is 4.79 Å². The van der Waals surface area contributed by atoms with Crippen molar-refractivity contribution in [2.24, 2.45) is 7.05 Å². The first-order valence-electron chi connectivity index (χ1n) is 4.45. The molecule has 1 rings (SSSR count). The molecule has 0 spiro atoms. The van der Waals surface area contributed by atoms with Gasteiger partial charge in [-0.05, 0) is 26.8 Å². The summed E-state index contributed by atoms with van der Waals surface area (Å²) in [7, 11) is 1.93. The van der Waals surface area contributed by atoms with Crippen LogP contribution in [0.1, 0.15) is 29.9 Å². The first-order valence-corrected chi connectivity index (χ1v) is 4.45. The van der Waals surface area contributed by atoms with Gasteiger partial charge in [0.2, 0.25) is 0 Å². The van der Waals surface area contributed by atoms with Gasteiger partial charge in [-0.1, -0.05) is 0 Å². The molecule has 0 aromatic carbocycles. The third-order valence-corrected chi connectivity index (χ3v) is 2.05. The minimum absolute atomic E-state index is 0.00750. The summed E-state index contributed by atoms with van der Waals surface area (Å²) in [5.74, 6) is 0.00750. The van der Waals surface area contributed by atoms with Crippen molar-refractivity contribution in [3.8, 4) is 0 Å². The number of amides is 1. The van der Waals surface area contributed by atoms with Gasteiger partial charge >= 0.3 is 0 Å². The maximum Gasteiger partial charge on any atom is 0.253 e. The molecule has 3 nitrogen and oxygen atoms in total. The van der Waals surface area contributed by atoms with Gasteiger partial charge in [-0.2, -0.15) is 0 Å². The van der Waals surface area contributed by atoms with E-state index in [4.69, 9.17) is 0 Å². The number of carbonyl (C=O) groups is 1. The molecule has 0 fully saturated rings. The van der Waals surface area contributed by atoms with Crippen molar-refractivity contribution in [3.05, 3.63) is 23.5 Å². The van der Waals surface area contributed by atoms with E-state index in [2.05, 4.69) is 5.32 Å². The van der Waals surface area contributed by atoms with Gasteiger partial charge in [0.15, 0.2) is 0 Å². The highest BCUT2D eigenvalue weighted by Crippen LogP contribution is 2.07. The first kappa shape index (κ1) is 9.84. The second-order valence-electron chi connectivity index (χ2n) is 3.55. The molecule has 0 unspecified atom stereocenters. The van der Waals surface area contributed by atoms with E-state index in [9.17, 15) is 4.79 Å². The van der Waals surface area contributed by atoms with Crippen molar-refractivity contribution in [3.63, 3.8) is 0 Å². The van der Waals surface area contributed by atoms with E-state index < -0.39 is 0 Å². The molecule has 1 heterocycles. The van der Waals surface area contributed by atoms with Crippen molar-refractivity contribution in [1.29, 1.82) is 0 Å². The molecule has 0 saturated heterocycles. The van der Waals surface area contributed by atoms with E-state index >= 15 is 0 Å². The molecule has 13 heavy (non-hydrogen) atoms. The molecule has 1 aromatic rings. The largest absolute Gasteiger partial charge is 0.354 e. The van der Waals surface area contributed by atoms with Crippen LogP contribution in [0.2, 0.25) is 0 Å². The fourth-order valence-electron chi connectivity index (χ4n) is 1.19. The first-order chi connectivity index (χ1) is 6.02. The Morgan fingerprint density at radius 1 is 1.54 bits per heavy atom. The Labute approximate surface area is 78.8 Å². The van der Waals surface area contributed by atoms with Gasteiger partial charge in [-0.25, -0.2) is 0 Å². The molecule has 0 atom stereocenters. The fourth-order valence-corrected chi connectivity index (χ4v) is 1.19. The summed E-state index contributed by atoms with van der Waals surface area (Å²) in [6.07, 6.45) is 1.89. The Morgan fingerprint density at radius 2 is 2.15 bits per heavy atom. The summed E-state index contributed by atoms with van der Waals surface area (Å²) in [5.41, 5.74) is 1.76. The third-order valence-electron chi connectivity index (χ3n) is 2.05. The molecule has 1 aromatic heterocycles. The summed E-state index contributed by atoms with van der Waals surface area (Å²) >= 11 is 0. The summed E-state index contributed by atoms with van der Waals surface area (Å²) in [6, 6.07) is 2.03.